The average Bonchev–Trinajstić information content (AvgIpc) is 2.88. The van der Waals surface area contributed by atoms with E-state index in [1.54, 1.807) is 12.1 Å². The number of ketones is 1. The molecule has 1 aliphatic rings. The SMILES string of the molecule is CC1(C)CC(=O)c2sc(NC(=O)c3ccc(CN)cc3)nc2C1.Cl. The van der Waals surface area contributed by atoms with Gasteiger partial charge in [-0.25, -0.2) is 4.98 Å². The van der Waals surface area contributed by atoms with E-state index >= 15 is 0 Å². The fraction of sp³-hybridized carbons (Fsp3) is 0.353. The maximum atomic E-state index is 12.3. The second kappa shape index (κ2) is 7.01. The molecule has 3 rings (SSSR count). The van der Waals surface area contributed by atoms with Crippen molar-refractivity contribution in [2.45, 2.75) is 33.2 Å². The van der Waals surface area contributed by atoms with Gasteiger partial charge in [-0.15, -0.1) is 12.4 Å². The summed E-state index contributed by atoms with van der Waals surface area (Å²) in [4.78, 5) is 29.6. The van der Waals surface area contributed by atoms with Crippen molar-refractivity contribution < 1.29 is 9.59 Å². The van der Waals surface area contributed by atoms with Crippen LogP contribution in [0.2, 0.25) is 0 Å². The molecule has 0 bridgehead atoms. The molecule has 0 unspecified atom stereocenters. The van der Waals surface area contributed by atoms with Gasteiger partial charge in [-0.2, -0.15) is 0 Å². The van der Waals surface area contributed by atoms with E-state index in [2.05, 4.69) is 24.1 Å². The van der Waals surface area contributed by atoms with E-state index in [1.165, 1.54) is 11.3 Å². The fourth-order valence-corrected chi connectivity index (χ4v) is 3.65. The Kier molecular flexibility index (Phi) is 5.42. The number of nitrogens with two attached hydrogens (primary N) is 1. The van der Waals surface area contributed by atoms with Gasteiger partial charge in [-0.1, -0.05) is 37.3 Å². The quantitative estimate of drug-likeness (QED) is 0.872. The third-order valence-corrected chi connectivity index (χ3v) is 4.96. The van der Waals surface area contributed by atoms with Gasteiger partial charge < -0.3 is 5.73 Å². The molecule has 128 valence electrons. The van der Waals surface area contributed by atoms with Crippen LogP contribution >= 0.6 is 23.7 Å². The summed E-state index contributed by atoms with van der Waals surface area (Å²) in [6.07, 6.45) is 1.28. The molecule has 1 heterocycles. The van der Waals surface area contributed by atoms with E-state index in [9.17, 15) is 9.59 Å². The summed E-state index contributed by atoms with van der Waals surface area (Å²) >= 11 is 1.26. The van der Waals surface area contributed by atoms with Gasteiger partial charge in [-0.05, 0) is 29.5 Å². The molecule has 0 atom stereocenters. The Balaban J connectivity index is 0.00000208. The van der Waals surface area contributed by atoms with Crippen molar-refractivity contribution >= 4 is 40.6 Å². The summed E-state index contributed by atoms with van der Waals surface area (Å²) in [5, 5.41) is 3.27. The first-order chi connectivity index (χ1) is 10.9. The van der Waals surface area contributed by atoms with Crippen LogP contribution in [0.1, 0.15) is 51.6 Å². The van der Waals surface area contributed by atoms with Gasteiger partial charge in [0.1, 0.15) is 0 Å². The topological polar surface area (TPSA) is 85.1 Å². The van der Waals surface area contributed by atoms with Gasteiger partial charge in [0.25, 0.3) is 5.91 Å². The number of benzene rings is 1. The van der Waals surface area contributed by atoms with Gasteiger partial charge in [0, 0.05) is 18.5 Å². The van der Waals surface area contributed by atoms with Crippen molar-refractivity contribution in [3.05, 3.63) is 46.0 Å². The number of halogens is 1. The number of nitrogens with zero attached hydrogens (tertiary/aromatic N) is 1. The van der Waals surface area contributed by atoms with E-state index in [1.807, 2.05) is 12.1 Å². The number of carbonyl (C=O) groups excluding carboxylic acids is 2. The Bertz CT molecular complexity index is 769. The van der Waals surface area contributed by atoms with Crippen LogP contribution < -0.4 is 11.1 Å². The highest BCUT2D eigenvalue weighted by Gasteiger charge is 2.34. The molecular weight excluding hydrogens is 346 g/mol. The van der Waals surface area contributed by atoms with Crippen molar-refractivity contribution in [1.29, 1.82) is 0 Å². The molecule has 2 aromatic rings. The highest BCUT2D eigenvalue weighted by Crippen LogP contribution is 2.38. The fourth-order valence-electron chi connectivity index (χ4n) is 2.74. The molecule has 24 heavy (non-hydrogen) atoms. The third kappa shape index (κ3) is 3.83. The molecule has 0 saturated carbocycles. The summed E-state index contributed by atoms with van der Waals surface area (Å²) in [5.74, 6) is -0.118. The van der Waals surface area contributed by atoms with Gasteiger partial charge in [0.2, 0.25) is 0 Å². The summed E-state index contributed by atoms with van der Waals surface area (Å²) in [6.45, 7) is 4.56. The molecule has 7 heteroatoms. The van der Waals surface area contributed by atoms with Crippen molar-refractivity contribution in [1.82, 2.24) is 4.98 Å². The number of hydrogen-bond acceptors (Lipinski definition) is 5. The summed E-state index contributed by atoms with van der Waals surface area (Å²) < 4.78 is 0. The summed E-state index contributed by atoms with van der Waals surface area (Å²) in [7, 11) is 0. The molecule has 0 saturated heterocycles. The predicted octanol–water partition coefficient (Wildman–Crippen LogP) is 3.43. The van der Waals surface area contributed by atoms with Crippen molar-refractivity contribution in [2.75, 3.05) is 5.32 Å². The number of thiazole rings is 1. The Morgan fingerprint density at radius 1 is 1.29 bits per heavy atom. The van der Waals surface area contributed by atoms with Crippen LogP contribution in [0.5, 0.6) is 0 Å². The zero-order valence-corrected chi connectivity index (χ0v) is 15.2. The summed E-state index contributed by atoms with van der Waals surface area (Å²) in [5.41, 5.74) is 7.79. The highest BCUT2D eigenvalue weighted by molar-refractivity contribution is 7.17. The number of fused-ring (bicyclic) bond motifs is 1. The lowest BCUT2D eigenvalue weighted by Gasteiger charge is -2.26. The number of Topliss-reactive ketones (excluding diaryl/α,β-unsaturated/α-hetero) is 1. The van der Waals surface area contributed by atoms with Crippen LogP contribution in [0.15, 0.2) is 24.3 Å². The second-order valence-electron chi connectivity index (χ2n) is 6.59. The van der Waals surface area contributed by atoms with E-state index in [-0.39, 0.29) is 29.5 Å². The lowest BCUT2D eigenvalue weighted by Crippen LogP contribution is -2.26. The number of aromatic nitrogens is 1. The Labute approximate surface area is 151 Å². The van der Waals surface area contributed by atoms with Crippen LogP contribution in [0.3, 0.4) is 0 Å². The van der Waals surface area contributed by atoms with Crippen LogP contribution in [0.25, 0.3) is 0 Å². The average molecular weight is 366 g/mol. The molecule has 5 nitrogen and oxygen atoms in total. The van der Waals surface area contributed by atoms with Gasteiger partial charge in [-0.3, -0.25) is 14.9 Å². The Morgan fingerprint density at radius 2 is 1.96 bits per heavy atom. The number of rotatable bonds is 3. The first kappa shape index (κ1) is 18.6. The molecule has 3 N–H and O–H groups in total. The minimum absolute atomic E-state index is 0. The smallest absolute Gasteiger partial charge is 0.257 e. The van der Waals surface area contributed by atoms with Crippen molar-refractivity contribution in [3.63, 3.8) is 0 Å². The van der Waals surface area contributed by atoms with Gasteiger partial charge in [0.15, 0.2) is 10.9 Å². The van der Waals surface area contributed by atoms with E-state index in [0.29, 0.717) is 28.5 Å². The van der Waals surface area contributed by atoms with Crippen LogP contribution in [0.4, 0.5) is 5.13 Å². The maximum absolute atomic E-state index is 12.3. The molecular formula is C17H20ClN3O2S. The number of anilines is 1. The second-order valence-corrected chi connectivity index (χ2v) is 7.59. The monoisotopic (exact) mass is 365 g/mol. The molecule has 1 aromatic heterocycles. The number of hydrogen-bond donors (Lipinski definition) is 2. The molecule has 0 fully saturated rings. The Hall–Kier alpha value is -1.76. The molecule has 1 amide bonds. The lowest BCUT2D eigenvalue weighted by molar-refractivity contribution is 0.0915. The standard InChI is InChI=1S/C17H19N3O2S.ClH/c1-17(2)7-12-14(13(21)8-17)23-16(19-12)20-15(22)11-5-3-10(9-18)4-6-11;/h3-6H,7-9,18H2,1-2H3,(H,19,20,22);1H. The third-order valence-electron chi connectivity index (χ3n) is 3.91. The van der Waals surface area contributed by atoms with Gasteiger partial charge >= 0.3 is 0 Å². The molecule has 0 aliphatic heterocycles. The zero-order chi connectivity index (χ0) is 16.6. The van der Waals surface area contributed by atoms with Crippen LogP contribution in [0, 0.1) is 5.41 Å². The zero-order valence-electron chi connectivity index (χ0n) is 13.6. The first-order valence-electron chi connectivity index (χ1n) is 7.51. The van der Waals surface area contributed by atoms with E-state index in [0.717, 1.165) is 17.7 Å². The molecule has 1 aromatic carbocycles. The minimum Gasteiger partial charge on any atom is -0.326 e. The molecule has 1 aliphatic carbocycles. The van der Waals surface area contributed by atoms with Crippen LogP contribution in [-0.2, 0) is 13.0 Å². The van der Waals surface area contributed by atoms with Crippen LogP contribution in [-0.4, -0.2) is 16.7 Å². The minimum atomic E-state index is -0.230. The molecule has 0 radical (unpaired) electrons. The van der Waals surface area contributed by atoms with Crippen molar-refractivity contribution in [3.8, 4) is 0 Å². The number of amides is 1. The normalized spacial score (nSPS) is 15.4. The number of carbonyl (C=O) groups is 2. The highest BCUT2D eigenvalue weighted by atomic mass is 35.5. The van der Waals surface area contributed by atoms with E-state index < -0.39 is 0 Å². The van der Waals surface area contributed by atoms with Crippen molar-refractivity contribution in [2.24, 2.45) is 11.1 Å². The van der Waals surface area contributed by atoms with Gasteiger partial charge in [0.05, 0.1) is 10.6 Å². The Morgan fingerprint density at radius 3 is 2.58 bits per heavy atom. The number of nitrogens with one attached hydrogen (secondary N) is 1. The lowest BCUT2D eigenvalue weighted by atomic mass is 9.78. The van der Waals surface area contributed by atoms with E-state index in [4.69, 9.17) is 5.73 Å². The largest absolute Gasteiger partial charge is 0.326 e. The molecule has 0 spiro atoms. The maximum Gasteiger partial charge on any atom is 0.257 e. The first-order valence-corrected chi connectivity index (χ1v) is 8.33. The predicted molar refractivity (Wildman–Crippen MR) is 98.1 cm³/mol. The summed E-state index contributed by atoms with van der Waals surface area (Å²) in [6, 6.07) is 7.13.